The molecule has 0 aromatic heterocycles. The molecule has 0 bridgehead atoms. The van der Waals surface area contributed by atoms with Gasteiger partial charge >= 0.3 is 6.03 Å². The van der Waals surface area contributed by atoms with Crippen molar-refractivity contribution in [2.24, 2.45) is 5.41 Å². The Morgan fingerprint density at radius 2 is 1.86 bits per heavy atom. The fourth-order valence-electron chi connectivity index (χ4n) is 3.19. The van der Waals surface area contributed by atoms with E-state index in [9.17, 15) is 9.59 Å². The van der Waals surface area contributed by atoms with Gasteiger partial charge in [-0.05, 0) is 57.0 Å². The van der Waals surface area contributed by atoms with Crippen LogP contribution < -0.4 is 20.3 Å². The van der Waals surface area contributed by atoms with Gasteiger partial charge in [-0.25, -0.2) is 4.79 Å². The Morgan fingerprint density at radius 1 is 1.14 bits per heavy atom. The Balaban J connectivity index is 1.80. The molecule has 148 valence electrons. The quantitative estimate of drug-likeness (QED) is 0.799. The van der Waals surface area contributed by atoms with Gasteiger partial charge < -0.3 is 20.3 Å². The number of anilines is 3. The number of nitrogens with zero attached hydrogens (tertiary/aromatic N) is 1. The molecule has 6 nitrogen and oxygen atoms in total. The van der Waals surface area contributed by atoms with Crippen LogP contribution in [0.3, 0.4) is 0 Å². The smallest absolute Gasteiger partial charge is 0.323 e. The van der Waals surface area contributed by atoms with E-state index in [4.69, 9.17) is 4.74 Å². The largest absolute Gasteiger partial charge is 0.490 e. The molecule has 1 aliphatic heterocycles. The highest BCUT2D eigenvalue weighted by Crippen LogP contribution is 2.38. The number of nitrogens with one attached hydrogen (secondary N) is 2. The first-order valence-electron chi connectivity index (χ1n) is 9.53. The molecule has 1 heterocycles. The number of carbonyl (C=O) groups is 2. The zero-order valence-electron chi connectivity index (χ0n) is 16.8. The molecular formula is C22H27N3O3. The van der Waals surface area contributed by atoms with Crippen molar-refractivity contribution in [3.8, 4) is 5.75 Å². The molecule has 0 fully saturated rings. The summed E-state index contributed by atoms with van der Waals surface area (Å²) in [5.41, 5.74) is 2.53. The Morgan fingerprint density at radius 3 is 2.54 bits per heavy atom. The van der Waals surface area contributed by atoms with Crippen molar-refractivity contribution in [2.45, 2.75) is 34.1 Å². The second-order valence-electron chi connectivity index (χ2n) is 7.76. The molecule has 2 aromatic rings. The summed E-state index contributed by atoms with van der Waals surface area (Å²) in [6.45, 7) is 8.70. The number of carbonyl (C=O) groups excluding carboxylic acids is 2. The highest BCUT2D eigenvalue weighted by molar-refractivity contribution is 6.02. The number of aryl methyl sites for hydroxylation is 1. The zero-order chi connectivity index (χ0) is 20.3. The Labute approximate surface area is 165 Å². The van der Waals surface area contributed by atoms with E-state index in [2.05, 4.69) is 10.6 Å². The Hall–Kier alpha value is -3.02. The minimum absolute atomic E-state index is 0.0472. The van der Waals surface area contributed by atoms with Crippen molar-refractivity contribution in [2.75, 3.05) is 28.7 Å². The van der Waals surface area contributed by atoms with Crippen LogP contribution in [0.4, 0.5) is 21.9 Å². The standard InChI is InChI=1S/C22H27N3O3/c1-5-11-25-18-10-9-17(13-19(18)28-14-22(3,4)20(25)26)24-21(27)23-16-8-6-7-15(2)12-16/h6-10,12-13H,5,11,14H2,1-4H3,(H2,23,24,27). The third-order valence-corrected chi connectivity index (χ3v) is 4.64. The summed E-state index contributed by atoms with van der Waals surface area (Å²) in [6.07, 6.45) is 0.847. The normalized spacial score (nSPS) is 15.3. The van der Waals surface area contributed by atoms with Gasteiger partial charge in [-0.3, -0.25) is 4.79 Å². The monoisotopic (exact) mass is 381 g/mol. The average molecular weight is 381 g/mol. The summed E-state index contributed by atoms with van der Waals surface area (Å²) in [5, 5.41) is 5.64. The lowest BCUT2D eigenvalue weighted by Crippen LogP contribution is -2.42. The summed E-state index contributed by atoms with van der Waals surface area (Å²) in [7, 11) is 0. The van der Waals surface area contributed by atoms with Gasteiger partial charge in [0, 0.05) is 24.0 Å². The van der Waals surface area contributed by atoms with Crippen LogP contribution in [-0.2, 0) is 4.79 Å². The molecule has 0 saturated heterocycles. The molecule has 28 heavy (non-hydrogen) atoms. The van der Waals surface area contributed by atoms with E-state index in [0.29, 0.717) is 18.0 Å². The summed E-state index contributed by atoms with van der Waals surface area (Å²) in [4.78, 5) is 27.0. The molecule has 0 saturated carbocycles. The van der Waals surface area contributed by atoms with Crippen molar-refractivity contribution in [1.82, 2.24) is 0 Å². The van der Waals surface area contributed by atoms with Crippen LogP contribution in [0.1, 0.15) is 32.8 Å². The first kappa shape index (κ1) is 19.7. The lowest BCUT2D eigenvalue weighted by atomic mass is 9.93. The van der Waals surface area contributed by atoms with Gasteiger partial charge in [0.2, 0.25) is 5.91 Å². The van der Waals surface area contributed by atoms with Crippen molar-refractivity contribution < 1.29 is 14.3 Å². The maximum absolute atomic E-state index is 12.9. The third-order valence-electron chi connectivity index (χ3n) is 4.64. The first-order valence-corrected chi connectivity index (χ1v) is 9.53. The van der Waals surface area contributed by atoms with Crippen LogP contribution in [0.5, 0.6) is 5.75 Å². The number of amides is 3. The van der Waals surface area contributed by atoms with Gasteiger partial charge in [-0.2, -0.15) is 0 Å². The molecule has 3 amide bonds. The number of rotatable bonds is 4. The number of benzene rings is 2. The highest BCUT2D eigenvalue weighted by Gasteiger charge is 2.37. The van der Waals surface area contributed by atoms with E-state index in [0.717, 1.165) is 23.4 Å². The minimum Gasteiger partial charge on any atom is -0.490 e. The summed E-state index contributed by atoms with van der Waals surface area (Å²) in [6, 6.07) is 12.6. The molecule has 0 atom stereocenters. The van der Waals surface area contributed by atoms with Crippen molar-refractivity contribution in [3.05, 3.63) is 48.0 Å². The third kappa shape index (κ3) is 4.27. The van der Waals surface area contributed by atoms with Gasteiger partial charge in [0.05, 0.1) is 11.1 Å². The molecule has 0 spiro atoms. The van der Waals surface area contributed by atoms with Crippen molar-refractivity contribution in [3.63, 3.8) is 0 Å². The van der Waals surface area contributed by atoms with Crippen molar-refractivity contribution >= 4 is 29.0 Å². The molecule has 2 N–H and O–H groups in total. The summed E-state index contributed by atoms with van der Waals surface area (Å²) in [5.74, 6) is 0.645. The van der Waals surface area contributed by atoms with Gasteiger partial charge in [0.25, 0.3) is 0 Å². The second kappa shape index (κ2) is 7.92. The fraction of sp³-hybridized carbons (Fsp3) is 0.364. The molecule has 0 unspecified atom stereocenters. The van der Waals surface area contributed by atoms with Crippen LogP contribution >= 0.6 is 0 Å². The zero-order valence-corrected chi connectivity index (χ0v) is 16.8. The summed E-state index contributed by atoms with van der Waals surface area (Å²) < 4.78 is 5.93. The number of hydrogen-bond acceptors (Lipinski definition) is 3. The number of fused-ring (bicyclic) bond motifs is 1. The van der Waals surface area contributed by atoms with Crippen LogP contribution in [-0.4, -0.2) is 25.1 Å². The van der Waals surface area contributed by atoms with E-state index in [-0.39, 0.29) is 18.5 Å². The van der Waals surface area contributed by atoms with Crippen LogP contribution in [0.2, 0.25) is 0 Å². The number of ether oxygens (including phenoxy) is 1. The van der Waals surface area contributed by atoms with Gasteiger partial charge in [0.15, 0.2) is 0 Å². The second-order valence-corrected chi connectivity index (χ2v) is 7.76. The SMILES string of the molecule is CCCN1C(=O)C(C)(C)COc2cc(NC(=O)Nc3cccc(C)c3)ccc21. The highest BCUT2D eigenvalue weighted by atomic mass is 16.5. The Kier molecular flexibility index (Phi) is 5.58. The molecule has 0 radical (unpaired) electrons. The first-order chi connectivity index (χ1) is 13.3. The van der Waals surface area contributed by atoms with Crippen LogP contribution in [0, 0.1) is 12.3 Å². The van der Waals surface area contributed by atoms with Gasteiger partial charge in [-0.15, -0.1) is 0 Å². The number of urea groups is 1. The molecule has 6 heteroatoms. The fourth-order valence-corrected chi connectivity index (χ4v) is 3.19. The lowest BCUT2D eigenvalue weighted by molar-refractivity contribution is -0.127. The maximum atomic E-state index is 12.9. The van der Waals surface area contributed by atoms with Gasteiger partial charge in [0.1, 0.15) is 12.4 Å². The van der Waals surface area contributed by atoms with Crippen LogP contribution in [0.15, 0.2) is 42.5 Å². The van der Waals surface area contributed by atoms with E-state index >= 15 is 0 Å². The van der Waals surface area contributed by atoms with E-state index < -0.39 is 5.41 Å². The van der Waals surface area contributed by atoms with E-state index in [1.54, 1.807) is 17.0 Å². The molecule has 1 aliphatic rings. The predicted molar refractivity (Wildman–Crippen MR) is 112 cm³/mol. The predicted octanol–water partition coefficient (Wildman–Crippen LogP) is 4.80. The minimum atomic E-state index is -0.607. The van der Waals surface area contributed by atoms with Gasteiger partial charge in [-0.1, -0.05) is 19.1 Å². The lowest BCUT2D eigenvalue weighted by Gasteiger charge is -2.27. The Bertz CT molecular complexity index is 892. The molecule has 3 rings (SSSR count). The molecular weight excluding hydrogens is 354 g/mol. The average Bonchev–Trinajstić information content (AvgIpc) is 2.72. The van der Waals surface area contributed by atoms with E-state index in [1.165, 1.54) is 0 Å². The molecule has 2 aromatic carbocycles. The van der Waals surface area contributed by atoms with E-state index in [1.807, 2.05) is 58.0 Å². The van der Waals surface area contributed by atoms with Crippen LogP contribution in [0.25, 0.3) is 0 Å². The number of hydrogen-bond donors (Lipinski definition) is 2. The maximum Gasteiger partial charge on any atom is 0.323 e. The molecule has 0 aliphatic carbocycles. The topological polar surface area (TPSA) is 70.7 Å². The van der Waals surface area contributed by atoms with Crippen molar-refractivity contribution in [1.29, 1.82) is 0 Å². The summed E-state index contributed by atoms with van der Waals surface area (Å²) >= 11 is 0.